The standard InChI is InChI=1S/C15H20O3/c1-11(2)9-12-3-5-13(6-4-12)15(7-8-18-15)10-14(16)17/h3-6,11H,7-10H2,1-2H3,(H,16,17). The molecule has 1 aromatic carbocycles. The van der Waals surface area contributed by atoms with Crippen LogP contribution in [0.4, 0.5) is 0 Å². The Kier molecular flexibility index (Phi) is 3.71. The van der Waals surface area contributed by atoms with Crippen LogP contribution < -0.4 is 0 Å². The predicted molar refractivity (Wildman–Crippen MR) is 69.5 cm³/mol. The molecule has 1 N–H and O–H groups in total. The minimum Gasteiger partial charge on any atom is -0.481 e. The van der Waals surface area contributed by atoms with Gasteiger partial charge in [-0.15, -0.1) is 0 Å². The maximum atomic E-state index is 10.9. The zero-order chi connectivity index (χ0) is 13.2. The topological polar surface area (TPSA) is 46.5 Å². The summed E-state index contributed by atoms with van der Waals surface area (Å²) in [5, 5.41) is 8.97. The zero-order valence-electron chi connectivity index (χ0n) is 11.0. The van der Waals surface area contributed by atoms with Crippen molar-refractivity contribution >= 4 is 5.97 Å². The van der Waals surface area contributed by atoms with Crippen LogP contribution in [0.1, 0.15) is 37.8 Å². The van der Waals surface area contributed by atoms with E-state index < -0.39 is 11.6 Å². The fourth-order valence-electron chi connectivity index (χ4n) is 2.48. The molecule has 1 aliphatic rings. The van der Waals surface area contributed by atoms with Gasteiger partial charge in [-0.3, -0.25) is 4.79 Å². The number of rotatable bonds is 5. The summed E-state index contributed by atoms with van der Waals surface area (Å²) in [7, 11) is 0. The summed E-state index contributed by atoms with van der Waals surface area (Å²) in [6, 6.07) is 8.20. The van der Waals surface area contributed by atoms with Crippen LogP contribution in [0, 0.1) is 5.92 Å². The first-order valence-electron chi connectivity index (χ1n) is 6.47. The summed E-state index contributed by atoms with van der Waals surface area (Å²) >= 11 is 0. The highest BCUT2D eigenvalue weighted by molar-refractivity contribution is 5.69. The fraction of sp³-hybridized carbons (Fsp3) is 0.533. The lowest BCUT2D eigenvalue weighted by Gasteiger charge is -2.41. The number of carboxylic acids is 1. The molecule has 0 aliphatic carbocycles. The minimum absolute atomic E-state index is 0.0521. The van der Waals surface area contributed by atoms with Gasteiger partial charge in [0.05, 0.1) is 13.0 Å². The zero-order valence-corrected chi connectivity index (χ0v) is 11.0. The molecule has 1 saturated heterocycles. The van der Waals surface area contributed by atoms with E-state index in [4.69, 9.17) is 9.84 Å². The number of carboxylic acid groups (broad SMARTS) is 1. The second-order valence-corrected chi connectivity index (χ2v) is 5.46. The maximum absolute atomic E-state index is 10.9. The Morgan fingerprint density at radius 3 is 2.39 bits per heavy atom. The van der Waals surface area contributed by atoms with Crippen LogP contribution >= 0.6 is 0 Å². The lowest BCUT2D eigenvalue weighted by Crippen LogP contribution is -2.42. The second kappa shape index (κ2) is 5.11. The van der Waals surface area contributed by atoms with Crippen LogP contribution in [0.2, 0.25) is 0 Å². The van der Waals surface area contributed by atoms with Gasteiger partial charge in [0.2, 0.25) is 0 Å². The largest absolute Gasteiger partial charge is 0.481 e. The normalized spacial score (nSPS) is 22.8. The van der Waals surface area contributed by atoms with E-state index >= 15 is 0 Å². The average molecular weight is 248 g/mol. The van der Waals surface area contributed by atoms with Crippen LogP contribution in [-0.2, 0) is 21.6 Å². The van der Waals surface area contributed by atoms with Gasteiger partial charge in [-0.05, 0) is 23.5 Å². The van der Waals surface area contributed by atoms with Crippen LogP contribution in [0.15, 0.2) is 24.3 Å². The van der Waals surface area contributed by atoms with Crippen LogP contribution in [0.5, 0.6) is 0 Å². The van der Waals surface area contributed by atoms with Crippen LogP contribution in [-0.4, -0.2) is 17.7 Å². The monoisotopic (exact) mass is 248 g/mol. The Morgan fingerprint density at radius 2 is 2.00 bits per heavy atom. The lowest BCUT2D eigenvalue weighted by atomic mass is 9.83. The molecule has 3 nitrogen and oxygen atoms in total. The molecule has 1 atom stereocenters. The summed E-state index contributed by atoms with van der Waals surface area (Å²) in [5.41, 5.74) is 1.70. The Hall–Kier alpha value is -1.35. The Bertz CT molecular complexity index is 416. The van der Waals surface area contributed by atoms with Gasteiger partial charge in [-0.1, -0.05) is 38.1 Å². The molecule has 1 unspecified atom stereocenters. The minimum atomic E-state index is -0.805. The Morgan fingerprint density at radius 1 is 1.39 bits per heavy atom. The Balaban J connectivity index is 2.14. The van der Waals surface area contributed by atoms with Gasteiger partial charge >= 0.3 is 5.97 Å². The number of carbonyl (C=O) groups is 1. The van der Waals surface area contributed by atoms with Crippen molar-refractivity contribution in [2.75, 3.05) is 6.61 Å². The number of benzene rings is 1. The van der Waals surface area contributed by atoms with Gasteiger partial charge in [0.15, 0.2) is 0 Å². The fourth-order valence-corrected chi connectivity index (χ4v) is 2.48. The molecular formula is C15H20O3. The smallest absolute Gasteiger partial charge is 0.306 e. The third kappa shape index (κ3) is 2.72. The molecule has 1 aromatic rings. The molecule has 0 aromatic heterocycles. The summed E-state index contributed by atoms with van der Waals surface area (Å²) in [6.45, 7) is 5.03. The second-order valence-electron chi connectivity index (χ2n) is 5.46. The third-order valence-corrected chi connectivity index (χ3v) is 3.45. The highest BCUT2D eigenvalue weighted by Crippen LogP contribution is 2.40. The molecule has 98 valence electrons. The SMILES string of the molecule is CC(C)Cc1ccc(C2(CC(=O)O)CCO2)cc1. The van der Waals surface area contributed by atoms with Crippen LogP contribution in [0.25, 0.3) is 0 Å². The van der Waals surface area contributed by atoms with Crippen LogP contribution in [0.3, 0.4) is 0 Å². The number of hydrogen-bond donors (Lipinski definition) is 1. The molecule has 2 rings (SSSR count). The third-order valence-electron chi connectivity index (χ3n) is 3.45. The van der Waals surface area contributed by atoms with E-state index in [1.165, 1.54) is 5.56 Å². The molecule has 0 bridgehead atoms. The predicted octanol–water partition coefficient (Wildman–Crippen LogP) is 2.98. The van der Waals surface area contributed by atoms with E-state index in [0.29, 0.717) is 12.5 Å². The van der Waals surface area contributed by atoms with Crippen molar-refractivity contribution in [3.05, 3.63) is 35.4 Å². The van der Waals surface area contributed by atoms with Crippen molar-refractivity contribution in [1.29, 1.82) is 0 Å². The molecule has 0 saturated carbocycles. The van der Waals surface area contributed by atoms with Crippen molar-refractivity contribution in [3.63, 3.8) is 0 Å². The van der Waals surface area contributed by atoms with Gasteiger partial charge in [0.25, 0.3) is 0 Å². The first kappa shape index (κ1) is 13.1. The van der Waals surface area contributed by atoms with E-state index in [2.05, 4.69) is 26.0 Å². The number of ether oxygens (including phenoxy) is 1. The van der Waals surface area contributed by atoms with E-state index in [1.807, 2.05) is 12.1 Å². The number of hydrogen-bond acceptors (Lipinski definition) is 2. The van der Waals surface area contributed by atoms with Gasteiger partial charge < -0.3 is 9.84 Å². The highest BCUT2D eigenvalue weighted by Gasteiger charge is 2.42. The quantitative estimate of drug-likeness (QED) is 0.871. The first-order chi connectivity index (χ1) is 8.52. The van der Waals surface area contributed by atoms with Gasteiger partial charge in [-0.2, -0.15) is 0 Å². The summed E-state index contributed by atoms with van der Waals surface area (Å²) < 4.78 is 5.56. The van der Waals surface area contributed by atoms with E-state index in [9.17, 15) is 4.79 Å². The molecule has 0 spiro atoms. The molecule has 0 radical (unpaired) electrons. The van der Waals surface area contributed by atoms with Gasteiger partial charge in [0.1, 0.15) is 5.60 Å². The molecule has 1 fully saturated rings. The lowest BCUT2D eigenvalue weighted by molar-refractivity contribution is -0.176. The number of aliphatic carboxylic acids is 1. The van der Waals surface area contributed by atoms with Crippen molar-refractivity contribution < 1.29 is 14.6 Å². The molecule has 0 amide bonds. The molecule has 18 heavy (non-hydrogen) atoms. The van der Waals surface area contributed by atoms with E-state index in [1.54, 1.807) is 0 Å². The summed E-state index contributed by atoms with van der Waals surface area (Å²) in [6.07, 6.45) is 1.90. The van der Waals surface area contributed by atoms with Gasteiger partial charge in [-0.25, -0.2) is 0 Å². The molecule has 1 aliphatic heterocycles. The average Bonchev–Trinajstić information content (AvgIpc) is 2.24. The summed E-state index contributed by atoms with van der Waals surface area (Å²) in [4.78, 5) is 10.9. The highest BCUT2D eigenvalue weighted by atomic mass is 16.5. The Labute approximate surface area is 108 Å². The molecule has 3 heteroatoms. The maximum Gasteiger partial charge on any atom is 0.306 e. The van der Waals surface area contributed by atoms with Crippen molar-refractivity contribution in [2.24, 2.45) is 5.92 Å². The summed E-state index contributed by atoms with van der Waals surface area (Å²) in [5.74, 6) is -0.176. The van der Waals surface area contributed by atoms with Crippen molar-refractivity contribution in [3.8, 4) is 0 Å². The van der Waals surface area contributed by atoms with E-state index in [0.717, 1.165) is 18.4 Å². The molecule has 1 heterocycles. The van der Waals surface area contributed by atoms with Gasteiger partial charge in [0, 0.05) is 6.42 Å². The molecular weight excluding hydrogens is 228 g/mol. The van der Waals surface area contributed by atoms with E-state index in [-0.39, 0.29) is 6.42 Å². The van der Waals surface area contributed by atoms with Crippen molar-refractivity contribution in [1.82, 2.24) is 0 Å². The van der Waals surface area contributed by atoms with Crippen molar-refractivity contribution in [2.45, 2.75) is 38.7 Å². The first-order valence-corrected chi connectivity index (χ1v) is 6.47.